The summed E-state index contributed by atoms with van der Waals surface area (Å²) in [4.78, 5) is 27.6. The highest BCUT2D eigenvalue weighted by molar-refractivity contribution is 7.14. The van der Waals surface area contributed by atoms with Crippen molar-refractivity contribution in [1.29, 1.82) is 0 Å². The van der Waals surface area contributed by atoms with Crippen molar-refractivity contribution in [3.8, 4) is 17.0 Å². The van der Waals surface area contributed by atoms with Gasteiger partial charge in [0.05, 0.1) is 11.3 Å². The molecule has 138 valence electrons. The molecule has 1 aromatic heterocycles. The minimum absolute atomic E-state index is 0.0347. The molecule has 0 fully saturated rings. The van der Waals surface area contributed by atoms with Crippen molar-refractivity contribution in [3.63, 3.8) is 0 Å². The van der Waals surface area contributed by atoms with Crippen molar-refractivity contribution in [2.45, 2.75) is 13.3 Å². The third-order valence-corrected chi connectivity index (χ3v) is 4.67. The normalized spacial score (nSPS) is 10.4. The van der Waals surface area contributed by atoms with E-state index in [4.69, 9.17) is 0 Å². The first kappa shape index (κ1) is 18.6. The Kier molecular flexibility index (Phi) is 5.83. The van der Waals surface area contributed by atoms with Crippen LogP contribution in [0.3, 0.4) is 0 Å². The van der Waals surface area contributed by atoms with E-state index >= 15 is 0 Å². The van der Waals surface area contributed by atoms with Gasteiger partial charge in [0, 0.05) is 24.4 Å². The van der Waals surface area contributed by atoms with Gasteiger partial charge in [-0.05, 0) is 24.1 Å². The number of aromatic nitrogens is 1. The van der Waals surface area contributed by atoms with Gasteiger partial charge in [-0.1, -0.05) is 36.4 Å². The lowest BCUT2D eigenvalue weighted by Crippen LogP contribution is -2.22. The smallest absolute Gasteiger partial charge is 0.261 e. The molecule has 0 aliphatic rings. The first-order valence-electron chi connectivity index (χ1n) is 8.41. The highest BCUT2D eigenvalue weighted by Gasteiger charge is 2.13. The van der Waals surface area contributed by atoms with Gasteiger partial charge in [0.15, 0.2) is 5.13 Å². The number of anilines is 1. The Labute approximate surface area is 160 Å². The number of carbonyl (C=O) groups excluding carboxylic acids is 2. The van der Waals surface area contributed by atoms with Crippen molar-refractivity contribution >= 4 is 28.3 Å². The van der Waals surface area contributed by atoms with E-state index in [0.29, 0.717) is 11.7 Å². The molecule has 3 N–H and O–H groups in total. The summed E-state index contributed by atoms with van der Waals surface area (Å²) in [5, 5.41) is 17.6. The Morgan fingerprint density at radius 3 is 2.56 bits per heavy atom. The topological polar surface area (TPSA) is 91.3 Å². The van der Waals surface area contributed by atoms with Crippen molar-refractivity contribution in [1.82, 2.24) is 10.3 Å². The summed E-state index contributed by atoms with van der Waals surface area (Å²) in [7, 11) is 0. The molecule has 3 rings (SSSR count). The van der Waals surface area contributed by atoms with E-state index in [1.807, 2.05) is 29.6 Å². The average molecular weight is 381 g/mol. The summed E-state index contributed by atoms with van der Waals surface area (Å²) in [5.74, 6) is -0.503. The van der Waals surface area contributed by atoms with Crippen LogP contribution >= 0.6 is 11.3 Å². The molecule has 2 amide bonds. The largest absolute Gasteiger partial charge is 0.507 e. The first-order valence-corrected chi connectivity index (χ1v) is 9.29. The molecule has 1 heterocycles. The van der Waals surface area contributed by atoms with Crippen LogP contribution in [-0.2, 0) is 11.2 Å². The molecule has 2 aromatic carbocycles. The molecule has 0 bridgehead atoms. The van der Waals surface area contributed by atoms with Gasteiger partial charge < -0.3 is 10.4 Å². The summed E-state index contributed by atoms with van der Waals surface area (Å²) < 4.78 is 0. The molecule has 0 radical (unpaired) electrons. The van der Waals surface area contributed by atoms with Gasteiger partial charge in [0.2, 0.25) is 5.91 Å². The number of nitrogens with one attached hydrogen (secondary N) is 2. The molecule has 3 aromatic rings. The number of rotatable bonds is 6. The van der Waals surface area contributed by atoms with Crippen molar-refractivity contribution in [2.24, 2.45) is 0 Å². The number of phenolic OH excluding ortho intramolecular Hbond substituents is 1. The molecular weight excluding hydrogens is 362 g/mol. The van der Waals surface area contributed by atoms with Crippen LogP contribution in [0.1, 0.15) is 22.8 Å². The summed E-state index contributed by atoms with van der Waals surface area (Å²) in [5.41, 5.74) is 3.03. The minimum atomic E-state index is -0.401. The number of nitrogens with zero attached hydrogens (tertiary/aromatic N) is 1. The van der Waals surface area contributed by atoms with E-state index in [9.17, 15) is 14.7 Å². The number of hydrogen-bond donors (Lipinski definition) is 3. The lowest BCUT2D eigenvalue weighted by molar-refractivity contribution is -0.118. The molecule has 27 heavy (non-hydrogen) atoms. The van der Waals surface area contributed by atoms with E-state index in [0.717, 1.165) is 23.2 Å². The number of aromatic hydroxyl groups is 1. The highest BCUT2D eigenvalue weighted by Crippen LogP contribution is 2.26. The molecule has 0 saturated heterocycles. The maximum Gasteiger partial charge on any atom is 0.261 e. The van der Waals surface area contributed by atoms with Crippen LogP contribution < -0.4 is 10.6 Å². The number of thiazole rings is 1. The van der Waals surface area contributed by atoms with E-state index in [2.05, 4.69) is 15.6 Å². The summed E-state index contributed by atoms with van der Waals surface area (Å²) in [6.07, 6.45) is 0.763. The number of hydrogen-bond acceptors (Lipinski definition) is 5. The fourth-order valence-corrected chi connectivity index (χ4v) is 3.23. The van der Waals surface area contributed by atoms with Crippen LogP contribution in [0.4, 0.5) is 5.13 Å². The molecule has 0 aliphatic heterocycles. The number of benzene rings is 2. The maximum absolute atomic E-state index is 12.2. The molecule has 0 atom stereocenters. The molecule has 0 aliphatic carbocycles. The summed E-state index contributed by atoms with van der Waals surface area (Å²) in [6, 6.07) is 14.3. The predicted octanol–water partition coefficient (Wildman–Crippen LogP) is 3.45. The van der Waals surface area contributed by atoms with Crippen molar-refractivity contribution in [2.75, 3.05) is 11.9 Å². The first-order chi connectivity index (χ1) is 13.0. The summed E-state index contributed by atoms with van der Waals surface area (Å²) in [6.45, 7) is 2.11. The standard InChI is InChI=1S/C20H19N3O3S/c1-13(24)21-11-10-14-6-8-15(9-7-14)17-12-27-20(22-17)23-19(26)16-4-2-3-5-18(16)25/h2-9,12,25H,10-11H2,1H3,(H,21,24)(H,22,23,26). The van der Waals surface area contributed by atoms with Gasteiger partial charge in [0.1, 0.15) is 5.75 Å². The number of para-hydroxylation sites is 1. The number of amides is 2. The van der Waals surface area contributed by atoms with E-state index < -0.39 is 5.91 Å². The molecule has 0 spiro atoms. The number of carbonyl (C=O) groups is 2. The summed E-state index contributed by atoms with van der Waals surface area (Å²) >= 11 is 1.32. The predicted molar refractivity (Wildman–Crippen MR) is 106 cm³/mol. The minimum Gasteiger partial charge on any atom is -0.507 e. The monoisotopic (exact) mass is 381 g/mol. The molecule has 0 saturated carbocycles. The number of phenols is 1. The van der Waals surface area contributed by atoms with E-state index in [-0.39, 0.29) is 17.2 Å². The molecular formula is C20H19N3O3S. The van der Waals surface area contributed by atoms with Crippen LogP contribution in [0.2, 0.25) is 0 Å². The lowest BCUT2D eigenvalue weighted by Gasteiger charge is -2.04. The average Bonchev–Trinajstić information content (AvgIpc) is 3.11. The fourth-order valence-electron chi connectivity index (χ4n) is 2.52. The van der Waals surface area contributed by atoms with Gasteiger partial charge in [0.25, 0.3) is 5.91 Å². The molecule has 6 nitrogen and oxygen atoms in total. The van der Waals surface area contributed by atoms with Crippen LogP contribution in [-0.4, -0.2) is 28.4 Å². The van der Waals surface area contributed by atoms with Crippen molar-refractivity contribution < 1.29 is 14.7 Å². The molecule has 0 unspecified atom stereocenters. The maximum atomic E-state index is 12.2. The van der Waals surface area contributed by atoms with Gasteiger partial charge in [-0.2, -0.15) is 0 Å². The van der Waals surface area contributed by atoms with Crippen LogP contribution in [0.5, 0.6) is 5.75 Å². The Balaban J connectivity index is 1.64. The highest BCUT2D eigenvalue weighted by atomic mass is 32.1. The van der Waals surface area contributed by atoms with Crippen LogP contribution in [0.25, 0.3) is 11.3 Å². The Morgan fingerprint density at radius 1 is 1.11 bits per heavy atom. The zero-order valence-corrected chi connectivity index (χ0v) is 15.5. The second-order valence-corrected chi connectivity index (χ2v) is 6.80. The molecule has 7 heteroatoms. The van der Waals surface area contributed by atoms with Crippen LogP contribution in [0, 0.1) is 0 Å². The van der Waals surface area contributed by atoms with Gasteiger partial charge in [-0.3, -0.25) is 14.9 Å². The third-order valence-electron chi connectivity index (χ3n) is 3.91. The van der Waals surface area contributed by atoms with Gasteiger partial charge in [-0.25, -0.2) is 4.98 Å². The zero-order valence-electron chi connectivity index (χ0n) is 14.7. The lowest BCUT2D eigenvalue weighted by atomic mass is 10.1. The van der Waals surface area contributed by atoms with Crippen LogP contribution in [0.15, 0.2) is 53.9 Å². The van der Waals surface area contributed by atoms with Gasteiger partial charge in [-0.15, -0.1) is 11.3 Å². The second kappa shape index (κ2) is 8.46. The van der Waals surface area contributed by atoms with Crippen molar-refractivity contribution in [3.05, 3.63) is 65.0 Å². The second-order valence-electron chi connectivity index (χ2n) is 5.94. The Morgan fingerprint density at radius 2 is 1.85 bits per heavy atom. The zero-order chi connectivity index (χ0) is 19.2. The quantitative estimate of drug-likeness (QED) is 0.610. The third kappa shape index (κ3) is 4.92. The SMILES string of the molecule is CC(=O)NCCc1ccc(-c2csc(NC(=O)c3ccccc3O)n2)cc1. The van der Waals surface area contributed by atoms with E-state index in [1.165, 1.54) is 24.3 Å². The van der Waals surface area contributed by atoms with E-state index in [1.54, 1.807) is 18.2 Å². The van der Waals surface area contributed by atoms with Gasteiger partial charge >= 0.3 is 0 Å². The fraction of sp³-hybridized carbons (Fsp3) is 0.150. The Bertz CT molecular complexity index is 951. The Hall–Kier alpha value is -3.19.